The maximum atomic E-state index is 4.98. The van der Waals surface area contributed by atoms with Gasteiger partial charge >= 0.3 is 0 Å². The van der Waals surface area contributed by atoms with Crippen LogP contribution in [0.5, 0.6) is 0 Å². The predicted molar refractivity (Wildman–Crippen MR) is 276 cm³/mol. The normalized spacial score (nSPS) is 11.8. The monoisotopic (exact) mass is 848 g/mol. The molecule has 0 aliphatic rings. The number of aryl methyl sites for hydroxylation is 1. The summed E-state index contributed by atoms with van der Waals surface area (Å²) in [6, 6.07) is 79.5. The van der Waals surface area contributed by atoms with Crippen molar-refractivity contribution in [2.24, 2.45) is 0 Å². The lowest BCUT2D eigenvalue weighted by atomic mass is 10.0. The zero-order valence-corrected chi connectivity index (χ0v) is 36.4. The zero-order valence-electron chi connectivity index (χ0n) is 35.6. The Morgan fingerprint density at radius 2 is 0.985 bits per heavy atom. The molecule has 13 aromatic rings. The maximum absolute atomic E-state index is 4.98. The molecule has 0 amide bonds. The van der Waals surface area contributed by atoms with Gasteiger partial charge in [-0.1, -0.05) is 133 Å². The van der Waals surface area contributed by atoms with Crippen molar-refractivity contribution in [3.63, 3.8) is 0 Å². The summed E-state index contributed by atoms with van der Waals surface area (Å²) in [4.78, 5) is 7.36. The first-order chi connectivity index (χ1) is 32.2. The van der Waals surface area contributed by atoms with E-state index in [0.29, 0.717) is 0 Å². The number of hydrogen-bond donors (Lipinski definition) is 0. The molecular weight excluding hydrogens is 809 g/mol. The van der Waals surface area contributed by atoms with Gasteiger partial charge in [0.2, 0.25) is 0 Å². The molecule has 4 heterocycles. The Hall–Kier alpha value is -8.25. The zero-order chi connectivity index (χ0) is 43.0. The summed E-state index contributed by atoms with van der Waals surface area (Å²) < 4.78 is 7.38. The molecule has 0 unspecified atom stereocenters. The van der Waals surface area contributed by atoms with Gasteiger partial charge in [-0.3, -0.25) is 4.57 Å². The molecule has 0 bridgehead atoms. The molecule has 0 aliphatic heterocycles. The lowest BCUT2D eigenvalue weighted by Gasteiger charge is -2.26. The number of pyridine rings is 1. The number of nitrogens with zero attached hydrogens (tertiary/aromatic N) is 4. The summed E-state index contributed by atoms with van der Waals surface area (Å²) in [5.74, 6) is 0.942. The summed E-state index contributed by atoms with van der Waals surface area (Å²) >= 11 is 1.85. The van der Waals surface area contributed by atoms with Gasteiger partial charge in [0.1, 0.15) is 5.82 Å². The second-order valence-corrected chi connectivity index (χ2v) is 17.9. The highest BCUT2D eigenvalue weighted by molar-refractivity contribution is 7.25. The molecule has 0 aliphatic carbocycles. The number of rotatable bonds is 7. The van der Waals surface area contributed by atoms with E-state index in [2.05, 4.69) is 233 Å². The molecule has 0 saturated heterocycles. The number of fused-ring (bicyclic) bond motifs is 10. The van der Waals surface area contributed by atoms with Crippen LogP contribution >= 0.6 is 11.3 Å². The van der Waals surface area contributed by atoms with E-state index in [1.54, 1.807) is 0 Å². The van der Waals surface area contributed by atoms with Crippen molar-refractivity contribution >= 4 is 92.2 Å². The second-order valence-electron chi connectivity index (χ2n) is 16.8. The largest absolute Gasteiger partial charge is 0.310 e. The first kappa shape index (κ1) is 37.3. The van der Waals surface area contributed by atoms with E-state index in [1.807, 2.05) is 23.6 Å². The lowest BCUT2D eigenvalue weighted by molar-refractivity contribution is 1.05. The van der Waals surface area contributed by atoms with E-state index < -0.39 is 0 Å². The molecule has 13 rings (SSSR count). The van der Waals surface area contributed by atoms with Crippen LogP contribution in [-0.4, -0.2) is 14.1 Å². The van der Waals surface area contributed by atoms with Gasteiger partial charge in [-0.25, -0.2) is 4.98 Å². The van der Waals surface area contributed by atoms with Crippen LogP contribution in [-0.2, 0) is 0 Å². The Balaban J connectivity index is 0.989. The summed E-state index contributed by atoms with van der Waals surface area (Å²) in [5.41, 5.74) is 15.0. The minimum atomic E-state index is 0.942. The van der Waals surface area contributed by atoms with E-state index in [-0.39, 0.29) is 0 Å². The molecule has 4 nitrogen and oxygen atoms in total. The van der Waals surface area contributed by atoms with Crippen LogP contribution in [0.25, 0.3) is 97.5 Å². The summed E-state index contributed by atoms with van der Waals surface area (Å²) in [6.07, 6.45) is 1.90. The van der Waals surface area contributed by atoms with Crippen LogP contribution in [0.3, 0.4) is 0 Å². The smallest absolute Gasteiger partial charge is 0.140 e. The van der Waals surface area contributed by atoms with Gasteiger partial charge in [-0.15, -0.1) is 11.3 Å². The maximum Gasteiger partial charge on any atom is 0.140 e. The van der Waals surface area contributed by atoms with Gasteiger partial charge in [0.15, 0.2) is 0 Å². The fraction of sp³-hybridized carbons (Fsp3) is 0.0167. The Morgan fingerprint density at radius 3 is 1.75 bits per heavy atom. The third-order valence-corrected chi connectivity index (χ3v) is 14.2. The van der Waals surface area contributed by atoms with E-state index in [9.17, 15) is 0 Å². The van der Waals surface area contributed by atoms with Gasteiger partial charge in [0.25, 0.3) is 0 Å². The first-order valence-electron chi connectivity index (χ1n) is 22.1. The summed E-state index contributed by atoms with van der Waals surface area (Å²) in [6.45, 7) is 2.15. The van der Waals surface area contributed by atoms with E-state index in [1.165, 1.54) is 63.9 Å². The van der Waals surface area contributed by atoms with Gasteiger partial charge in [0, 0.05) is 70.7 Å². The summed E-state index contributed by atoms with van der Waals surface area (Å²) in [5, 5.41) is 7.46. The number of benzene rings is 9. The van der Waals surface area contributed by atoms with Gasteiger partial charge in [0.05, 0.1) is 22.1 Å². The third kappa shape index (κ3) is 6.01. The van der Waals surface area contributed by atoms with Crippen LogP contribution in [0.4, 0.5) is 17.1 Å². The van der Waals surface area contributed by atoms with E-state index >= 15 is 0 Å². The number of thiophene rings is 1. The van der Waals surface area contributed by atoms with Crippen molar-refractivity contribution < 1.29 is 0 Å². The molecule has 0 fully saturated rings. The van der Waals surface area contributed by atoms with Crippen LogP contribution in [0.15, 0.2) is 225 Å². The molecule has 0 atom stereocenters. The molecule has 5 heteroatoms. The Morgan fingerprint density at radius 1 is 0.400 bits per heavy atom. The molecule has 0 radical (unpaired) electrons. The fourth-order valence-electron chi connectivity index (χ4n) is 10.1. The third-order valence-electron chi connectivity index (χ3n) is 13.1. The van der Waals surface area contributed by atoms with Gasteiger partial charge < -0.3 is 9.47 Å². The van der Waals surface area contributed by atoms with Crippen LogP contribution in [0, 0.1) is 6.92 Å². The van der Waals surface area contributed by atoms with E-state index in [0.717, 1.165) is 56.3 Å². The minimum absolute atomic E-state index is 0.942. The number of hydrogen-bond acceptors (Lipinski definition) is 3. The predicted octanol–water partition coefficient (Wildman–Crippen LogP) is 16.8. The van der Waals surface area contributed by atoms with Crippen molar-refractivity contribution in [3.05, 3.63) is 230 Å². The SMILES string of the molecule is Cc1cccnc1-n1c2ccc(-c3ccc(N(c4ccc(-c5ccccc5)cc4)c4ccc5c(c4)sc4ccccc45)cc3)cc2c2c1ccc1c3ccccc3n(-c3ccccc3)c12. The van der Waals surface area contributed by atoms with Crippen LogP contribution < -0.4 is 4.90 Å². The molecule has 0 saturated carbocycles. The molecule has 0 spiro atoms. The highest BCUT2D eigenvalue weighted by Crippen LogP contribution is 2.45. The quantitative estimate of drug-likeness (QED) is 0.160. The van der Waals surface area contributed by atoms with Crippen molar-refractivity contribution in [3.8, 4) is 33.8 Å². The average molecular weight is 849 g/mol. The molecule has 4 aromatic heterocycles. The highest BCUT2D eigenvalue weighted by atomic mass is 32.1. The van der Waals surface area contributed by atoms with Crippen molar-refractivity contribution in [1.29, 1.82) is 0 Å². The van der Waals surface area contributed by atoms with Crippen molar-refractivity contribution in [2.75, 3.05) is 4.90 Å². The average Bonchev–Trinajstić information content (AvgIpc) is 4.02. The molecule has 9 aromatic carbocycles. The van der Waals surface area contributed by atoms with Crippen molar-refractivity contribution in [1.82, 2.24) is 14.1 Å². The molecule has 65 heavy (non-hydrogen) atoms. The number of aromatic nitrogens is 3. The fourth-order valence-corrected chi connectivity index (χ4v) is 11.2. The Bertz CT molecular complexity index is 3940. The Kier molecular flexibility index (Phi) is 8.58. The number of anilines is 3. The van der Waals surface area contributed by atoms with E-state index in [4.69, 9.17) is 4.98 Å². The number of para-hydroxylation sites is 2. The Labute approximate surface area is 380 Å². The molecular formula is C60H40N4S. The second kappa shape index (κ2) is 14.9. The molecule has 0 N–H and O–H groups in total. The van der Waals surface area contributed by atoms with Crippen LogP contribution in [0.2, 0.25) is 0 Å². The molecule has 306 valence electrons. The van der Waals surface area contributed by atoms with Gasteiger partial charge in [-0.05, 0) is 120 Å². The summed E-state index contributed by atoms with van der Waals surface area (Å²) in [7, 11) is 0. The first-order valence-corrected chi connectivity index (χ1v) is 22.9. The highest BCUT2D eigenvalue weighted by Gasteiger charge is 2.23. The van der Waals surface area contributed by atoms with Crippen molar-refractivity contribution in [2.45, 2.75) is 6.92 Å². The van der Waals surface area contributed by atoms with Crippen LogP contribution in [0.1, 0.15) is 5.56 Å². The van der Waals surface area contributed by atoms with Gasteiger partial charge in [-0.2, -0.15) is 0 Å². The topological polar surface area (TPSA) is 26.0 Å². The lowest BCUT2D eigenvalue weighted by Crippen LogP contribution is -2.09. The standard InChI is InChI=1S/C60H40N4S/c1-39-13-12-36-61-60(39)64-54-34-26-43(37-52(54)58-55(64)35-33-51-48-18-8-10-20-53(48)63(59(51)58)44-16-6-3-7-17-44)42-24-29-46(30-25-42)62(45-27-22-41(23-28-45)40-14-4-2-5-15-40)47-31-32-50-49-19-9-11-21-56(49)65-57(50)38-47/h2-38H,1H3. The minimum Gasteiger partial charge on any atom is -0.310 e.